The molecule has 0 radical (unpaired) electrons. The first-order valence-corrected chi connectivity index (χ1v) is 10.3. The number of rotatable bonds is 5. The fraction of sp³-hybridized carbons (Fsp3) is 0.217. The molecule has 0 aliphatic heterocycles. The molecule has 4 aromatic rings. The lowest BCUT2D eigenvalue weighted by Gasteiger charge is -2.25. The number of aromatic nitrogens is 3. The molecular weight excluding hydrogens is 416 g/mol. The van der Waals surface area contributed by atoms with Crippen molar-refractivity contribution in [2.75, 3.05) is 11.4 Å². The zero-order valence-corrected chi connectivity index (χ0v) is 18.1. The molecule has 2 aromatic heterocycles. The second-order valence-corrected chi connectivity index (χ2v) is 7.71. The van der Waals surface area contributed by atoms with Crippen molar-refractivity contribution < 1.29 is 9.32 Å². The third-order valence-corrected chi connectivity index (χ3v) is 5.46. The lowest BCUT2D eigenvalue weighted by Crippen LogP contribution is -2.39. The van der Waals surface area contributed by atoms with E-state index in [2.05, 4.69) is 10.1 Å². The topological polar surface area (TPSA) is 81.2 Å². The van der Waals surface area contributed by atoms with E-state index < -0.39 is 11.6 Å². The summed E-state index contributed by atoms with van der Waals surface area (Å²) in [4.78, 5) is 32.5. The molecule has 0 aliphatic carbocycles. The van der Waals surface area contributed by atoms with Gasteiger partial charge in [0.05, 0.1) is 0 Å². The molecule has 0 saturated heterocycles. The predicted molar refractivity (Wildman–Crippen MR) is 120 cm³/mol. The minimum atomic E-state index is -0.766. The number of amides is 1. The molecule has 2 heterocycles. The monoisotopic (exact) mass is 436 g/mol. The number of nitrogens with zero attached hydrogens (tertiary/aromatic N) is 4. The van der Waals surface area contributed by atoms with Crippen LogP contribution in [0.3, 0.4) is 0 Å². The summed E-state index contributed by atoms with van der Waals surface area (Å²) < 4.78 is 6.58. The van der Waals surface area contributed by atoms with Crippen molar-refractivity contribution in [3.05, 3.63) is 75.8 Å². The van der Waals surface area contributed by atoms with Gasteiger partial charge in [-0.3, -0.25) is 14.2 Å². The van der Waals surface area contributed by atoms with Crippen molar-refractivity contribution in [3.8, 4) is 11.3 Å². The van der Waals surface area contributed by atoms with Crippen LogP contribution >= 0.6 is 11.6 Å². The summed E-state index contributed by atoms with van der Waals surface area (Å²) in [5, 5.41) is 4.82. The third-order valence-electron chi connectivity index (χ3n) is 5.21. The van der Waals surface area contributed by atoms with Gasteiger partial charge in [0.15, 0.2) is 0 Å². The van der Waals surface area contributed by atoms with Crippen molar-refractivity contribution in [3.63, 3.8) is 0 Å². The van der Waals surface area contributed by atoms with E-state index in [0.717, 1.165) is 11.3 Å². The normalized spacial score (nSPS) is 12.1. The van der Waals surface area contributed by atoms with Crippen LogP contribution < -0.4 is 10.5 Å². The number of fused-ring (bicyclic) bond motifs is 1. The van der Waals surface area contributed by atoms with Gasteiger partial charge in [-0.15, -0.1) is 0 Å². The van der Waals surface area contributed by atoms with E-state index in [4.69, 9.17) is 16.1 Å². The molecule has 1 atom stereocenters. The Bertz CT molecular complexity index is 1310. The van der Waals surface area contributed by atoms with Crippen molar-refractivity contribution in [2.45, 2.75) is 26.8 Å². The summed E-state index contributed by atoms with van der Waals surface area (Å²) in [7, 11) is 0. The summed E-state index contributed by atoms with van der Waals surface area (Å²) in [5.74, 6) is -0.208. The highest BCUT2D eigenvalue weighted by Gasteiger charge is 2.26. The Kier molecular flexibility index (Phi) is 5.61. The third kappa shape index (κ3) is 3.84. The molecular formula is C23H21ClN4O3. The van der Waals surface area contributed by atoms with Gasteiger partial charge in [0.2, 0.25) is 5.91 Å². The van der Waals surface area contributed by atoms with Gasteiger partial charge >= 0.3 is 0 Å². The molecule has 0 spiro atoms. The molecule has 7 nitrogen and oxygen atoms in total. The first kappa shape index (κ1) is 20.8. The highest BCUT2D eigenvalue weighted by molar-refractivity contribution is 6.30. The molecule has 2 aromatic carbocycles. The minimum Gasteiger partial charge on any atom is -0.335 e. The molecule has 0 saturated carbocycles. The number of halogens is 1. The van der Waals surface area contributed by atoms with Crippen LogP contribution in [0.1, 0.15) is 25.5 Å². The molecule has 4 rings (SSSR count). The van der Waals surface area contributed by atoms with Gasteiger partial charge in [-0.1, -0.05) is 41.0 Å². The smallest absolute Gasteiger partial charge is 0.267 e. The number of benzene rings is 2. The van der Waals surface area contributed by atoms with Crippen molar-refractivity contribution in [1.82, 2.24) is 14.7 Å². The van der Waals surface area contributed by atoms with E-state index in [1.165, 1.54) is 10.9 Å². The van der Waals surface area contributed by atoms with Crippen LogP contribution in [0.5, 0.6) is 0 Å². The predicted octanol–water partition coefficient (Wildman–Crippen LogP) is 4.63. The quantitative estimate of drug-likeness (QED) is 0.455. The fourth-order valence-electron chi connectivity index (χ4n) is 3.55. The molecule has 1 unspecified atom stereocenters. The van der Waals surface area contributed by atoms with Gasteiger partial charge in [-0.05, 0) is 50.6 Å². The first-order chi connectivity index (χ1) is 14.9. The zero-order valence-electron chi connectivity index (χ0n) is 17.4. The number of aryl methyl sites for hydroxylation is 1. The van der Waals surface area contributed by atoms with Crippen molar-refractivity contribution in [2.24, 2.45) is 0 Å². The van der Waals surface area contributed by atoms with E-state index in [9.17, 15) is 9.59 Å². The lowest BCUT2D eigenvalue weighted by molar-refractivity contribution is -0.121. The van der Waals surface area contributed by atoms with Crippen LogP contribution in [0.25, 0.3) is 22.4 Å². The molecule has 0 N–H and O–H groups in total. The molecule has 0 fully saturated rings. The Morgan fingerprint density at radius 3 is 2.65 bits per heavy atom. The number of hydrogen-bond acceptors (Lipinski definition) is 5. The molecule has 8 heteroatoms. The molecule has 158 valence electrons. The molecule has 1 amide bonds. The highest BCUT2D eigenvalue weighted by atomic mass is 35.5. The zero-order chi connectivity index (χ0) is 22.1. The second-order valence-electron chi connectivity index (χ2n) is 7.27. The van der Waals surface area contributed by atoms with Gasteiger partial charge in [0.25, 0.3) is 11.3 Å². The Hall–Kier alpha value is -3.45. The molecule has 0 bridgehead atoms. The maximum Gasteiger partial charge on any atom is 0.267 e. The van der Waals surface area contributed by atoms with Crippen molar-refractivity contribution in [1.29, 1.82) is 0 Å². The average Bonchev–Trinajstić information content (AvgIpc) is 3.20. The highest BCUT2D eigenvalue weighted by Crippen LogP contribution is 2.26. The number of hydrogen-bond donors (Lipinski definition) is 0. The summed E-state index contributed by atoms with van der Waals surface area (Å²) in [6, 6.07) is 13.8. The summed E-state index contributed by atoms with van der Waals surface area (Å²) >= 11 is 5.96. The maximum atomic E-state index is 13.3. The standard InChI is InChI=1S/C23H21ClN4O3/c1-4-27(18-7-5-6-14(2)12-18)22(29)15(3)28-13-25-21-19(23(28)30)20(26-31-21)16-8-10-17(24)11-9-16/h5-13,15H,4H2,1-3H3. The van der Waals surface area contributed by atoms with E-state index in [0.29, 0.717) is 22.8 Å². The van der Waals surface area contributed by atoms with Crippen LogP contribution in [0.2, 0.25) is 5.02 Å². The largest absolute Gasteiger partial charge is 0.335 e. The van der Waals surface area contributed by atoms with E-state index in [1.54, 1.807) is 36.1 Å². The van der Waals surface area contributed by atoms with Crippen LogP contribution in [-0.4, -0.2) is 27.2 Å². The summed E-state index contributed by atoms with van der Waals surface area (Å²) in [5.41, 5.74) is 2.61. The summed E-state index contributed by atoms with van der Waals surface area (Å²) in [6.45, 7) is 6.03. The minimum absolute atomic E-state index is 0.122. The van der Waals surface area contributed by atoms with Gasteiger partial charge in [0, 0.05) is 22.8 Å². The lowest BCUT2D eigenvalue weighted by atomic mass is 10.1. The Morgan fingerprint density at radius 2 is 1.97 bits per heavy atom. The van der Waals surface area contributed by atoms with Crippen LogP contribution in [-0.2, 0) is 4.79 Å². The van der Waals surface area contributed by atoms with Crippen LogP contribution in [0.4, 0.5) is 5.69 Å². The first-order valence-electron chi connectivity index (χ1n) is 9.91. The average molecular weight is 437 g/mol. The Balaban J connectivity index is 1.76. The van der Waals surface area contributed by atoms with Gasteiger partial charge < -0.3 is 9.42 Å². The summed E-state index contributed by atoms with van der Waals surface area (Å²) in [6.07, 6.45) is 1.33. The maximum absolute atomic E-state index is 13.3. The van der Waals surface area contributed by atoms with E-state index in [-0.39, 0.29) is 17.0 Å². The SMILES string of the molecule is CCN(C(=O)C(C)n1cnc2onc(-c3ccc(Cl)cc3)c2c1=O)c1cccc(C)c1. The van der Waals surface area contributed by atoms with Gasteiger partial charge in [-0.25, -0.2) is 4.98 Å². The number of carbonyl (C=O) groups excluding carboxylic acids is 1. The van der Waals surface area contributed by atoms with Crippen molar-refractivity contribution >= 4 is 34.3 Å². The molecule has 31 heavy (non-hydrogen) atoms. The van der Waals surface area contributed by atoms with Gasteiger partial charge in [-0.2, -0.15) is 0 Å². The van der Waals surface area contributed by atoms with Crippen LogP contribution in [0.15, 0.2) is 64.2 Å². The van der Waals surface area contributed by atoms with E-state index >= 15 is 0 Å². The number of likely N-dealkylation sites (N-methyl/N-ethyl adjacent to an activating group) is 1. The van der Waals surface area contributed by atoms with Gasteiger partial charge in [0.1, 0.15) is 23.4 Å². The number of anilines is 1. The Labute approximate surface area is 183 Å². The van der Waals surface area contributed by atoms with Crippen LogP contribution in [0, 0.1) is 6.92 Å². The second kappa shape index (κ2) is 8.35. The van der Waals surface area contributed by atoms with E-state index in [1.807, 2.05) is 38.1 Å². The Morgan fingerprint density at radius 1 is 1.23 bits per heavy atom. The molecule has 0 aliphatic rings. The fourth-order valence-corrected chi connectivity index (χ4v) is 3.67. The number of carbonyl (C=O) groups is 1.